The molecule has 0 aliphatic heterocycles. The van der Waals surface area contributed by atoms with Gasteiger partial charge in [0.1, 0.15) is 22.8 Å². The molecule has 3 aromatic rings. The fourth-order valence-corrected chi connectivity index (χ4v) is 2.80. The van der Waals surface area contributed by atoms with E-state index in [1.165, 1.54) is 12.1 Å². The number of amides is 2. The second-order valence-corrected chi connectivity index (χ2v) is 5.99. The molecule has 0 radical (unpaired) electrons. The Hall–Kier alpha value is -3.13. The molecule has 0 fully saturated rings. The first-order valence-corrected chi connectivity index (χ1v) is 8.57. The van der Waals surface area contributed by atoms with Crippen molar-refractivity contribution in [1.82, 2.24) is 4.90 Å². The predicted octanol–water partition coefficient (Wildman–Crippen LogP) is 3.36. The highest BCUT2D eigenvalue weighted by molar-refractivity contribution is 6.13. The lowest BCUT2D eigenvalue weighted by atomic mass is 10.2. The van der Waals surface area contributed by atoms with E-state index in [1.807, 2.05) is 13.8 Å². The third kappa shape index (κ3) is 3.85. The molecule has 1 aromatic carbocycles. The summed E-state index contributed by atoms with van der Waals surface area (Å²) >= 11 is 0. The van der Waals surface area contributed by atoms with Gasteiger partial charge in [-0.15, -0.1) is 0 Å². The minimum absolute atomic E-state index is 0.0173. The van der Waals surface area contributed by atoms with Gasteiger partial charge in [0.05, 0.1) is 6.54 Å². The van der Waals surface area contributed by atoms with Crippen LogP contribution in [0.25, 0.3) is 11.0 Å². The van der Waals surface area contributed by atoms with E-state index in [4.69, 9.17) is 14.6 Å². The number of halogens is 1. The van der Waals surface area contributed by atoms with Crippen LogP contribution in [0.4, 0.5) is 10.1 Å². The lowest BCUT2D eigenvalue weighted by Crippen LogP contribution is -2.21. The number of nitrogens with zero attached hydrogens (tertiary/aromatic N) is 1. The number of fused-ring (bicyclic) bond motifs is 1. The molecule has 0 unspecified atom stereocenters. The second-order valence-electron chi connectivity index (χ2n) is 5.99. The Morgan fingerprint density at radius 3 is 2.56 bits per heavy atom. The molecule has 7 nitrogen and oxygen atoms in total. The molecule has 2 heterocycles. The maximum absolute atomic E-state index is 13.6. The maximum atomic E-state index is 13.6. The Morgan fingerprint density at radius 1 is 1.15 bits per heavy atom. The Kier molecular flexibility index (Phi) is 5.27. The normalized spacial score (nSPS) is 11.3. The second kappa shape index (κ2) is 7.63. The predicted molar refractivity (Wildman–Crippen MR) is 98.0 cm³/mol. The Bertz CT molecular complexity index is 988. The van der Waals surface area contributed by atoms with Crippen LogP contribution in [0.3, 0.4) is 0 Å². The first-order chi connectivity index (χ1) is 12.9. The number of primary amides is 1. The molecule has 142 valence electrons. The molecule has 3 rings (SSSR count). The summed E-state index contributed by atoms with van der Waals surface area (Å²) in [6.07, 6.45) is 0. The van der Waals surface area contributed by atoms with Crippen molar-refractivity contribution in [3.8, 4) is 0 Å². The quantitative estimate of drug-likeness (QED) is 0.661. The van der Waals surface area contributed by atoms with Crippen LogP contribution in [-0.4, -0.2) is 29.8 Å². The van der Waals surface area contributed by atoms with Crippen LogP contribution >= 0.6 is 0 Å². The van der Waals surface area contributed by atoms with Gasteiger partial charge in [-0.25, -0.2) is 4.39 Å². The van der Waals surface area contributed by atoms with E-state index in [9.17, 15) is 14.0 Å². The lowest BCUT2D eigenvalue weighted by Gasteiger charge is -2.15. The Labute approximate surface area is 154 Å². The average molecular weight is 373 g/mol. The zero-order valence-electron chi connectivity index (χ0n) is 15.0. The van der Waals surface area contributed by atoms with Gasteiger partial charge in [0.2, 0.25) is 5.76 Å². The Morgan fingerprint density at radius 2 is 1.89 bits per heavy atom. The highest BCUT2D eigenvalue weighted by atomic mass is 19.1. The molecule has 2 aromatic heterocycles. The van der Waals surface area contributed by atoms with Crippen molar-refractivity contribution in [2.24, 2.45) is 5.73 Å². The molecule has 0 atom stereocenters. The van der Waals surface area contributed by atoms with Gasteiger partial charge in [-0.05, 0) is 43.4 Å². The number of nitrogens with one attached hydrogen (secondary N) is 1. The van der Waals surface area contributed by atoms with E-state index in [1.54, 1.807) is 12.1 Å². The molecular formula is C19H20FN3O4. The van der Waals surface area contributed by atoms with Crippen LogP contribution in [0.2, 0.25) is 0 Å². The highest BCUT2D eigenvalue weighted by Crippen LogP contribution is 2.31. The number of nitrogens with two attached hydrogens (primary N) is 1. The van der Waals surface area contributed by atoms with Crippen molar-refractivity contribution >= 4 is 28.5 Å². The monoisotopic (exact) mass is 373 g/mol. The van der Waals surface area contributed by atoms with Crippen LogP contribution in [0.5, 0.6) is 0 Å². The van der Waals surface area contributed by atoms with Gasteiger partial charge < -0.3 is 19.9 Å². The van der Waals surface area contributed by atoms with Crippen molar-refractivity contribution in [2.45, 2.75) is 20.4 Å². The third-order valence-electron chi connectivity index (χ3n) is 4.27. The molecular weight excluding hydrogens is 353 g/mol. The van der Waals surface area contributed by atoms with Gasteiger partial charge in [0.15, 0.2) is 5.76 Å². The summed E-state index contributed by atoms with van der Waals surface area (Å²) in [4.78, 5) is 26.3. The summed E-state index contributed by atoms with van der Waals surface area (Å²) in [5.41, 5.74) is 5.57. The largest absolute Gasteiger partial charge is 0.455 e. The molecule has 3 N–H and O–H groups in total. The number of benzene rings is 1. The molecule has 8 heteroatoms. The van der Waals surface area contributed by atoms with Gasteiger partial charge in [0.25, 0.3) is 11.8 Å². The maximum Gasteiger partial charge on any atom is 0.291 e. The molecule has 2 amide bonds. The summed E-state index contributed by atoms with van der Waals surface area (Å²) in [6, 6.07) is 6.97. The van der Waals surface area contributed by atoms with E-state index in [-0.39, 0.29) is 28.2 Å². The van der Waals surface area contributed by atoms with Crippen LogP contribution in [-0.2, 0) is 6.54 Å². The van der Waals surface area contributed by atoms with Crippen molar-refractivity contribution in [3.05, 3.63) is 53.4 Å². The van der Waals surface area contributed by atoms with Gasteiger partial charge in [-0.2, -0.15) is 0 Å². The molecule has 27 heavy (non-hydrogen) atoms. The van der Waals surface area contributed by atoms with E-state index in [0.29, 0.717) is 12.3 Å². The van der Waals surface area contributed by atoms with Gasteiger partial charge in [0, 0.05) is 5.39 Å². The topological polar surface area (TPSA) is 102 Å². The first kappa shape index (κ1) is 18.7. The van der Waals surface area contributed by atoms with Crippen molar-refractivity contribution < 1.29 is 22.8 Å². The standard InChI is InChI=1S/C19H20FN3O4/c1-3-23(4-2)10-12-6-8-15(26-12)19(25)22-16-13-9-11(20)5-7-14(13)27-17(16)18(21)24/h5-9H,3-4,10H2,1-2H3,(H2,21,24)(H,22,25). The van der Waals surface area contributed by atoms with Crippen LogP contribution in [0, 0.1) is 5.82 Å². The van der Waals surface area contributed by atoms with E-state index < -0.39 is 17.6 Å². The van der Waals surface area contributed by atoms with Crippen LogP contribution in [0.15, 0.2) is 39.2 Å². The fraction of sp³-hybridized carbons (Fsp3) is 0.263. The minimum Gasteiger partial charge on any atom is -0.455 e. The summed E-state index contributed by atoms with van der Waals surface area (Å²) in [7, 11) is 0. The van der Waals surface area contributed by atoms with Crippen LogP contribution in [0.1, 0.15) is 40.7 Å². The SMILES string of the molecule is CCN(CC)Cc1ccc(C(=O)Nc2c(C(N)=O)oc3ccc(F)cc23)o1. The van der Waals surface area contributed by atoms with Crippen molar-refractivity contribution in [2.75, 3.05) is 18.4 Å². The lowest BCUT2D eigenvalue weighted by molar-refractivity contribution is 0.0977. The summed E-state index contributed by atoms with van der Waals surface area (Å²) < 4.78 is 24.5. The smallest absolute Gasteiger partial charge is 0.291 e. The van der Waals surface area contributed by atoms with E-state index in [2.05, 4.69) is 10.2 Å². The third-order valence-corrected chi connectivity index (χ3v) is 4.27. The summed E-state index contributed by atoms with van der Waals surface area (Å²) in [5.74, 6) is -1.53. The minimum atomic E-state index is -0.872. The van der Waals surface area contributed by atoms with E-state index >= 15 is 0 Å². The molecule has 0 bridgehead atoms. The fourth-order valence-electron chi connectivity index (χ4n) is 2.80. The molecule has 0 aliphatic rings. The first-order valence-electron chi connectivity index (χ1n) is 8.57. The summed E-state index contributed by atoms with van der Waals surface area (Å²) in [5, 5.41) is 2.79. The van der Waals surface area contributed by atoms with E-state index in [0.717, 1.165) is 19.2 Å². The number of hydrogen-bond donors (Lipinski definition) is 2. The molecule has 0 aliphatic carbocycles. The molecule has 0 saturated heterocycles. The zero-order valence-corrected chi connectivity index (χ0v) is 15.0. The zero-order chi connectivity index (χ0) is 19.6. The number of rotatable bonds is 7. The van der Waals surface area contributed by atoms with Gasteiger partial charge >= 0.3 is 0 Å². The van der Waals surface area contributed by atoms with Gasteiger partial charge in [-0.3, -0.25) is 14.5 Å². The van der Waals surface area contributed by atoms with Crippen molar-refractivity contribution in [3.63, 3.8) is 0 Å². The number of hydrogen-bond acceptors (Lipinski definition) is 5. The highest BCUT2D eigenvalue weighted by Gasteiger charge is 2.22. The number of furan rings is 2. The average Bonchev–Trinajstić information content (AvgIpc) is 3.25. The molecule has 0 spiro atoms. The molecule has 0 saturated carbocycles. The number of anilines is 1. The number of carbonyl (C=O) groups is 2. The van der Waals surface area contributed by atoms with Gasteiger partial charge in [-0.1, -0.05) is 13.8 Å². The Balaban J connectivity index is 1.88. The summed E-state index contributed by atoms with van der Waals surface area (Å²) in [6.45, 7) is 6.36. The van der Waals surface area contributed by atoms with Crippen molar-refractivity contribution in [1.29, 1.82) is 0 Å². The number of carbonyl (C=O) groups excluding carboxylic acids is 2. The van der Waals surface area contributed by atoms with Crippen LogP contribution < -0.4 is 11.1 Å².